The first-order valence-electron chi connectivity index (χ1n) is 5.88. The summed E-state index contributed by atoms with van der Waals surface area (Å²) in [6, 6.07) is 1.59. The van der Waals surface area contributed by atoms with Gasteiger partial charge in [0.1, 0.15) is 17.2 Å². The minimum absolute atomic E-state index is 0.413. The predicted octanol–water partition coefficient (Wildman–Crippen LogP) is 1.85. The van der Waals surface area contributed by atoms with E-state index in [0.717, 1.165) is 0 Å². The van der Waals surface area contributed by atoms with Crippen LogP contribution in [0.15, 0.2) is 6.07 Å². The molecule has 0 aromatic carbocycles. The third kappa shape index (κ3) is 2.88. The lowest BCUT2D eigenvalue weighted by Gasteiger charge is -2.28. The van der Waals surface area contributed by atoms with Gasteiger partial charge in [0.25, 0.3) is 0 Å². The van der Waals surface area contributed by atoms with Gasteiger partial charge in [-0.15, -0.1) is 0 Å². The van der Waals surface area contributed by atoms with Crippen molar-refractivity contribution in [2.45, 2.75) is 39.2 Å². The average Bonchev–Trinajstić information content (AvgIpc) is 2.35. The highest BCUT2D eigenvalue weighted by atomic mass is 16.5. The highest BCUT2D eigenvalue weighted by Gasteiger charge is 2.35. The summed E-state index contributed by atoms with van der Waals surface area (Å²) < 4.78 is 5.04. The van der Waals surface area contributed by atoms with Crippen molar-refractivity contribution >= 4 is 11.8 Å². The Kier molecular flexibility index (Phi) is 4.47. The van der Waals surface area contributed by atoms with Crippen molar-refractivity contribution in [3.8, 4) is 5.88 Å². The second kappa shape index (κ2) is 5.66. The van der Waals surface area contributed by atoms with Gasteiger partial charge in [0.05, 0.1) is 7.11 Å². The van der Waals surface area contributed by atoms with Gasteiger partial charge in [-0.25, -0.2) is 9.78 Å². The van der Waals surface area contributed by atoms with E-state index in [1.165, 1.54) is 7.11 Å². The van der Waals surface area contributed by atoms with Gasteiger partial charge in [-0.05, 0) is 19.8 Å². The summed E-state index contributed by atoms with van der Waals surface area (Å²) in [4.78, 5) is 19.6. The van der Waals surface area contributed by atoms with E-state index < -0.39 is 11.5 Å². The average molecular weight is 253 g/mol. The number of carbonyl (C=O) groups is 1. The molecule has 0 fully saturated rings. The van der Waals surface area contributed by atoms with E-state index in [9.17, 15) is 9.90 Å². The summed E-state index contributed by atoms with van der Waals surface area (Å²) in [5.74, 6) is 0.521. The topological polar surface area (TPSA) is 84.3 Å². The number of ether oxygens (including phenoxy) is 1. The largest absolute Gasteiger partial charge is 0.481 e. The summed E-state index contributed by atoms with van der Waals surface area (Å²) in [5.41, 5.74) is -1.01. The molecular weight excluding hydrogens is 234 g/mol. The summed E-state index contributed by atoms with van der Waals surface area (Å²) in [5, 5.41) is 12.3. The first-order chi connectivity index (χ1) is 8.47. The zero-order valence-electron chi connectivity index (χ0n) is 11.1. The smallest absolute Gasteiger partial charge is 0.329 e. The van der Waals surface area contributed by atoms with E-state index in [2.05, 4.69) is 15.3 Å². The summed E-state index contributed by atoms with van der Waals surface area (Å²) in [6.07, 6.45) is 0.925. The van der Waals surface area contributed by atoms with Crippen LogP contribution in [0, 0.1) is 6.92 Å². The van der Waals surface area contributed by atoms with E-state index in [1.54, 1.807) is 13.0 Å². The van der Waals surface area contributed by atoms with Gasteiger partial charge >= 0.3 is 5.97 Å². The third-order valence-electron chi connectivity index (χ3n) is 3.01. The van der Waals surface area contributed by atoms with Crippen LogP contribution in [0.3, 0.4) is 0 Å². The number of rotatable bonds is 6. The number of aryl methyl sites for hydroxylation is 1. The summed E-state index contributed by atoms with van der Waals surface area (Å²) in [6.45, 7) is 5.39. The lowest BCUT2D eigenvalue weighted by Crippen LogP contribution is -2.45. The first kappa shape index (κ1) is 14.2. The van der Waals surface area contributed by atoms with Crippen molar-refractivity contribution in [1.82, 2.24) is 9.97 Å². The van der Waals surface area contributed by atoms with Crippen LogP contribution >= 0.6 is 0 Å². The fraction of sp³-hybridized carbons (Fsp3) is 0.583. The summed E-state index contributed by atoms with van der Waals surface area (Å²) in [7, 11) is 1.51. The van der Waals surface area contributed by atoms with Crippen molar-refractivity contribution in [2.24, 2.45) is 0 Å². The van der Waals surface area contributed by atoms with Crippen LogP contribution in [0.4, 0.5) is 5.82 Å². The van der Waals surface area contributed by atoms with E-state index in [1.807, 2.05) is 13.8 Å². The van der Waals surface area contributed by atoms with Crippen molar-refractivity contribution in [2.75, 3.05) is 12.4 Å². The number of nitrogens with zero attached hydrogens (tertiary/aromatic N) is 2. The fourth-order valence-electron chi connectivity index (χ4n) is 1.74. The molecule has 1 rings (SSSR count). The lowest BCUT2D eigenvalue weighted by molar-refractivity contribution is -0.142. The lowest BCUT2D eigenvalue weighted by atomic mass is 9.93. The SMILES string of the molecule is CCC(CC)(Nc1cc(OC)nc(C)n1)C(=O)O. The van der Waals surface area contributed by atoms with E-state index in [-0.39, 0.29) is 0 Å². The van der Waals surface area contributed by atoms with Crippen LogP contribution in [0.25, 0.3) is 0 Å². The Morgan fingerprint density at radius 2 is 2.06 bits per heavy atom. The Morgan fingerprint density at radius 3 is 2.50 bits per heavy atom. The number of carboxylic acid groups (broad SMARTS) is 1. The Labute approximate surface area is 106 Å². The van der Waals surface area contributed by atoms with Crippen LogP contribution in [0.2, 0.25) is 0 Å². The van der Waals surface area contributed by atoms with Crippen LogP contribution < -0.4 is 10.1 Å². The van der Waals surface area contributed by atoms with Gasteiger partial charge in [-0.2, -0.15) is 4.98 Å². The minimum atomic E-state index is -1.01. The molecule has 0 amide bonds. The van der Waals surface area contributed by atoms with Gasteiger partial charge in [0.2, 0.25) is 5.88 Å². The molecule has 0 aliphatic heterocycles. The second-order valence-corrected chi connectivity index (χ2v) is 4.06. The van der Waals surface area contributed by atoms with Crippen LogP contribution in [0.1, 0.15) is 32.5 Å². The molecule has 6 nitrogen and oxygen atoms in total. The quantitative estimate of drug-likeness (QED) is 0.804. The second-order valence-electron chi connectivity index (χ2n) is 4.06. The molecule has 0 aliphatic rings. The van der Waals surface area contributed by atoms with E-state index in [0.29, 0.717) is 30.4 Å². The molecule has 2 N–H and O–H groups in total. The molecule has 0 unspecified atom stereocenters. The van der Waals surface area contributed by atoms with E-state index >= 15 is 0 Å². The fourth-order valence-corrected chi connectivity index (χ4v) is 1.74. The predicted molar refractivity (Wildman–Crippen MR) is 67.9 cm³/mol. The van der Waals surface area contributed by atoms with Crippen LogP contribution in [-0.2, 0) is 4.79 Å². The van der Waals surface area contributed by atoms with Gasteiger partial charge < -0.3 is 15.2 Å². The molecule has 0 spiro atoms. The molecular formula is C12H19N3O3. The number of anilines is 1. The number of hydrogen-bond acceptors (Lipinski definition) is 5. The van der Waals surface area contributed by atoms with Gasteiger partial charge in [-0.1, -0.05) is 13.8 Å². The molecule has 1 aromatic rings. The maximum absolute atomic E-state index is 11.4. The zero-order chi connectivity index (χ0) is 13.8. The molecule has 100 valence electrons. The van der Waals surface area contributed by atoms with Gasteiger partial charge in [-0.3, -0.25) is 0 Å². The standard InChI is InChI=1S/C12H19N3O3/c1-5-12(6-2,11(16)17)15-9-7-10(18-4)14-8(3)13-9/h7H,5-6H2,1-4H3,(H,16,17)(H,13,14,15). The number of hydrogen-bond donors (Lipinski definition) is 2. The molecule has 0 bridgehead atoms. The Hall–Kier alpha value is -1.85. The minimum Gasteiger partial charge on any atom is -0.481 e. The van der Waals surface area contributed by atoms with Gasteiger partial charge in [0.15, 0.2) is 0 Å². The monoisotopic (exact) mass is 253 g/mol. The van der Waals surface area contributed by atoms with Crippen molar-refractivity contribution in [3.63, 3.8) is 0 Å². The number of aromatic nitrogens is 2. The Morgan fingerprint density at radius 1 is 1.44 bits per heavy atom. The molecule has 0 radical (unpaired) electrons. The molecule has 1 aromatic heterocycles. The normalized spacial score (nSPS) is 11.1. The van der Waals surface area contributed by atoms with Crippen LogP contribution in [-0.4, -0.2) is 33.7 Å². The Bertz CT molecular complexity index is 431. The number of aliphatic carboxylic acids is 1. The molecule has 1 heterocycles. The molecule has 18 heavy (non-hydrogen) atoms. The first-order valence-corrected chi connectivity index (χ1v) is 5.88. The number of nitrogens with one attached hydrogen (secondary N) is 1. The van der Waals surface area contributed by atoms with Crippen LogP contribution in [0.5, 0.6) is 5.88 Å². The zero-order valence-corrected chi connectivity index (χ0v) is 11.1. The van der Waals surface area contributed by atoms with Crippen molar-refractivity contribution in [3.05, 3.63) is 11.9 Å². The highest BCUT2D eigenvalue weighted by Crippen LogP contribution is 2.23. The van der Waals surface area contributed by atoms with Crippen molar-refractivity contribution < 1.29 is 14.6 Å². The highest BCUT2D eigenvalue weighted by molar-refractivity contribution is 5.82. The van der Waals surface area contributed by atoms with E-state index in [4.69, 9.17) is 4.74 Å². The maximum atomic E-state index is 11.4. The molecule has 6 heteroatoms. The third-order valence-corrected chi connectivity index (χ3v) is 3.01. The maximum Gasteiger partial charge on any atom is 0.329 e. The number of carboxylic acids is 1. The molecule has 0 saturated heterocycles. The molecule has 0 saturated carbocycles. The van der Waals surface area contributed by atoms with Gasteiger partial charge in [0, 0.05) is 6.07 Å². The Balaban J connectivity index is 3.08. The summed E-state index contributed by atoms with van der Waals surface area (Å²) >= 11 is 0. The molecule has 0 atom stereocenters. The molecule has 0 aliphatic carbocycles. The van der Waals surface area contributed by atoms with Crippen molar-refractivity contribution in [1.29, 1.82) is 0 Å². The number of methoxy groups -OCH3 is 1.